The lowest BCUT2D eigenvalue weighted by molar-refractivity contribution is 0.0976. The zero-order chi connectivity index (χ0) is 19.7. The van der Waals surface area contributed by atoms with Crippen LogP contribution in [0.4, 0.5) is 13.9 Å². The van der Waals surface area contributed by atoms with E-state index in [1.165, 1.54) is 17.4 Å². The van der Waals surface area contributed by atoms with Crippen LogP contribution in [0, 0.1) is 0 Å². The van der Waals surface area contributed by atoms with E-state index in [9.17, 15) is 13.6 Å². The molecule has 0 unspecified atom stereocenters. The lowest BCUT2D eigenvalue weighted by atomic mass is 10.2. The van der Waals surface area contributed by atoms with E-state index < -0.39 is 12.2 Å². The number of H-pyrrole nitrogens is 1. The van der Waals surface area contributed by atoms with Gasteiger partial charge in [0.2, 0.25) is 0 Å². The molecule has 28 heavy (non-hydrogen) atoms. The number of thiazole rings is 1. The summed E-state index contributed by atoms with van der Waals surface area (Å²) in [5.74, 6) is -0.701. The number of aromatic amines is 1. The van der Waals surface area contributed by atoms with Gasteiger partial charge in [-0.15, -0.1) is 0 Å². The Morgan fingerprint density at radius 3 is 2.79 bits per heavy atom. The van der Waals surface area contributed by atoms with E-state index in [2.05, 4.69) is 15.0 Å². The van der Waals surface area contributed by atoms with Gasteiger partial charge in [-0.3, -0.25) is 9.69 Å². The molecule has 0 saturated heterocycles. The van der Waals surface area contributed by atoms with Crippen molar-refractivity contribution >= 4 is 43.6 Å². The second-order valence-electron chi connectivity index (χ2n) is 6.07. The van der Waals surface area contributed by atoms with Crippen LogP contribution in [-0.4, -0.2) is 41.1 Å². The number of amides is 1. The normalized spacial score (nSPS) is 11.6. The Balaban J connectivity index is 1.71. The zero-order valence-electron chi connectivity index (χ0n) is 14.9. The number of aromatic nitrogens is 3. The Kier molecular flexibility index (Phi) is 5.01. The van der Waals surface area contributed by atoms with E-state index in [4.69, 9.17) is 4.74 Å². The minimum atomic E-state index is -2.70. The molecule has 4 rings (SSSR count). The van der Waals surface area contributed by atoms with Crippen LogP contribution in [-0.2, 0) is 4.74 Å². The van der Waals surface area contributed by atoms with Crippen molar-refractivity contribution in [3.05, 3.63) is 53.9 Å². The van der Waals surface area contributed by atoms with Gasteiger partial charge < -0.3 is 9.72 Å². The predicted octanol–water partition coefficient (Wildman–Crippen LogP) is 4.40. The maximum atomic E-state index is 13.2. The van der Waals surface area contributed by atoms with Crippen molar-refractivity contribution < 1.29 is 18.3 Å². The van der Waals surface area contributed by atoms with Gasteiger partial charge in [0.1, 0.15) is 0 Å². The maximum Gasteiger partial charge on any atom is 0.295 e. The molecule has 0 atom stereocenters. The second kappa shape index (κ2) is 7.61. The summed E-state index contributed by atoms with van der Waals surface area (Å²) in [6.45, 7) is 0.655. The maximum absolute atomic E-state index is 13.2. The van der Waals surface area contributed by atoms with Crippen LogP contribution in [0.1, 0.15) is 22.6 Å². The van der Waals surface area contributed by atoms with Crippen LogP contribution in [0.5, 0.6) is 0 Å². The molecule has 9 heteroatoms. The van der Waals surface area contributed by atoms with Crippen molar-refractivity contribution in [2.75, 3.05) is 25.2 Å². The first-order chi connectivity index (χ1) is 13.6. The highest BCUT2D eigenvalue weighted by Crippen LogP contribution is 2.30. The molecular formula is C19H16F2N4O2S. The molecule has 4 aromatic rings. The largest absolute Gasteiger partial charge is 0.383 e. The quantitative estimate of drug-likeness (QED) is 0.519. The van der Waals surface area contributed by atoms with Crippen LogP contribution in [0.2, 0.25) is 0 Å². The van der Waals surface area contributed by atoms with Gasteiger partial charge in [-0.2, -0.15) is 0 Å². The van der Waals surface area contributed by atoms with Gasteiger partial charge in [-0.1, -0.05) is 23.5 Å². The smallest absolute Gasteiger partial charge is 0.295 e. The third-order valence-corrected chi connectivity index (χ3v) is 5.29. The fourth-order valence-electron chi connectivity index (χ4n) is 2.86. The summed E-state index contributed by atoms with van der Waals surface area (Å²) < 4.78 is 31.8. The molecule has 0 fully saturated rings. The molecule has 0 bridgehead atoms. The summed E-state index contributed by atoms with van der Waals surface area (Å²) >= 11 is 1.41. The molecule has 6 nitrogen and oxygen atoms in total. The highest BCUT2D eigenvalue weighted by Gasteiger charge is 2.22. The first kappa shape index (κ1) is 18.5. The third kappa shape index (κ3) is 3.46. The summed E-state index contributed by atoms with van der Waals surface area (Å²) in [5, 5.41) is 0.557. The summed E-state index contributed by atoms with van der Waals surface area (Å²) in [7, 11) is 1.56. The first-order valence-electron chi connectivity index (χ1n) is 8.51. The molecule has 1 N–H and O–H groups in total. The molecular weight excluding hydrogens is 386 g/mol. The van der Waals surface area contributed by atoms with Gasteiger partial charge in [0, 0.05) is 12.7 Å². The first-order valence-corrected chi connectivity index (χ1v) is 9.32. The lowest BCUT2D eigenvalue weighted by Crippen LogP contribution is -2.33. The molecule has 0 aliphatic heterocycles. The van der Waals surface area contributed by atoms with E-state index in [0.29, 0.717) is 34.9 Å². The summed E-state index contributed by atoms with van der Waals surface area (Å²) in [4.78, 5) is 25.7. The second-order valence-corrected chi connectivity index (χ2v) is 7.08. The minimum absolute atomic E-state index is 0.286. The van der Waals surface area contributed by atoms with E-state index in [1.54, 1.807) is 24.1 Å². The average Bonchev–Trinajstić information content (AvgIpc) is 3.31. The van der Waals surface area contributed by atoms with Gasteiger partial charge in [0.05, 0.1) is 34.4 Å². The number of benzene rings is 2. The highest BCUT2D eigenvalue weighted by atomic mass is 32.1. The zero-order valence-corrected chi connectivity index (χ0v) is 15.7. The van der Waals surface area contributed by atoms with Crippen molar-refractivity contribution in [1.29, 1.82) is 0 Å². The summed E-state index contributed by atoms with van der Waals surface area (Å²) in [6, 6.07) is 12.3. The van der Waals surface area contributed by atoms with Gasteiger partial charge in [-0.05, 0) is 30.3 Å². The fourth-order valence-corrected chi connectivity index (χ4v) is 3.85. The number of ether oxygens (including phenoxy) is 1. The van der Waals surface area contributed by atoms with Crippen LogP contribution in [0.25, 0.3) is 21.3 Å². The molecule has 0 spiro atoms. The van der Waals surface area contributed by atoms with Gasteiger partial charge >= 0.3 is 0 Å². The number of rotatable bonds is 6. The minimum Gasteiger partial charge on any atom is -0.383 e. The third-order valence-electron chi connectivity index (χ3n) is 4.23. The van der Waals surface area contributed by atoms with Crippen LogP contribution >= 0.6 is 11.3 Å². The highest BCUT2D eigenvalue weighted by molar-refractivity contribution is 7.22. The van der Waals surface area contributed by atoms with Crippen molar-refractivity contribution in [2.24, 2.45) is 0 Å². The summed E-state index contributed by atoms with van der Waals surface area (Å²) in [5.41, 5.74) is 1.93. The van der Waals surface area contributed by atoms with Gasteiger partial charge in [0.15, 0.2) is 11.0 Å². The molecule has 144 valence electrons. The summed E-state index contributed by atoms with van der Waals surface area (Å²) in [6.07, 6.45) is -2.70. The number of para-hydroxylation sites is 1. The topological polar surface area (TPSA) is 71.1 Å². The number of nitrogens with zero attached hydrogens (tertiary/aromatic N) is 3. The van der Waals surface area contributed by atoms with E-state index in [-0.39, 0.29) is 5.91 Å². The number of carbonyl (C=O) groups is 1. The molecule has 0 saturated carbocycles. The number of hydrogen-bond donors (Lipinski definition) is 1. The van der Waals surface area contributed by atoms with Crippen molar-refractivity contribution in [3.8, 4) is 0 Å². The number of hydrogen-bond acceptors (Lipinski definition) is 5. The SMILES string of the molecule is COCCN(C(=O)c1ccc2nc(C(F)F)[nH]c2c1)c1nc2ccccc2s1. The number of imidazole rings is 1. The predicted molar refractivity (Wildman–Crippen MR) is 104 cm³/mol. The molecule has 1 amide bonds. The number of nitrogens with one attached hydrogen (secondary N) is 1. The number of fused-ring (bicyclic) bond motifs is 2. The molecule has 2 aromatic heterocycles. The number of alkyl halides is 2. The van der Waals surface area contributed by atoms with Gasteiger partial charge in [-0.25, -0.2) is 18.7 Å². The van der Waals surface area contributed by atoms with E-state index in [0.717, 1.165) is 10.2 Å². The number of methoxy groups -OCH3 is 1. The molecule has 0 aliphatic rings. The molecule has 0 radical (unpaired) electrons. The standard InChI is InChI=1S/C19H16F2N4O2S/c1-27-9-8-25(19-24-13-4-2-3-5-15(13)28-19)18(26)11-6-7-12-14(10-11)23-17(22-12)16(20)21/h2-7,10,16H,8-9H2,1H3,(H,22,23). The van der Waals surface area contributed by atoms with Crippen molar-refractivity contribution in [2.45, 2.75) is 6.43 Å². The Morgan fingerprint density at radius 1 is 1.21 bits per heavy atom. The molecule has 0 aliphatic carbocycles. The van der Waals surface area contributed by atoms with Crippen LogP contribution in [0.3, 0.4) is 0 Å². The Bertz CT molecular complexity index is 1110. The van der Waals surface area contributed by atoms with Gasteiger partial charge in [0.25, 0.3) is 12.3 Å². The number of halogens is 2. The number of anilines is 1. The lowest BCUT2D eigenvalue weighted by Gasteiger charge is -2.19. The van der Waals surface area contributed by atoms with E-state index in [1.807, 2.05) is 24.3 Å². The molecule has 2 heterocycles. The van der Waals surface area contributed by atoms with Crippen molar-refractivity contribution in [1.82, 2.24) is 15.0 Å². The Morgan fingerprint density at radius 2 is 2.04 bits per heavy atom. The van der Waals surface area contributed by atoms with Crippen LogP contribution in [0.15, 0.2) is 42.5 Å². The Hall–Kier alpha value is -2.91. The number of carbonyl (C=O) groups excluding carboxylic acids is 1. The fraction of sp³-hybridized carbons (Fsp3) is 0.211. The van der Waals surface area contributed by atoms with Crippen LogP contribution < -0.4 is 4.90 Å². The monoisotopic (exact) mass is 402 g/mol. The average molecular weight is 402 g/mol. The van der Waals surface area contributed by atoms with Crippen molar-refractivity contribution in [3.63, 3.8) is 0 Å². The Labute approximate surface area is 162 Å². The van der Waals surface area contributed by atoms with E-state index >= 15 is 0 Å². The molecule has 2 aromatic carbocycles.